The number of allylic oxidation sites excluding steroid dienone is 6. The van der Waals surface area contributed by atoms with Gasteiger partial charge in [0, 0.05) is 48.2 Å². The fourth-order valence-electron chi connectivity index (χ4n) is 9.73. The van der Waals surface area contributed by atoms with Crippen molar-refractivity contribution in [1.29, 1.82) is 0 Å². The molecule has 0 amide bonds. The van der Waals surface area contributed by atoms with Crippen LogP contribution in [0.1, 0.15) is 120 Å². The Kier molecular flexibility index (Phi) is 12.0. The number of fused-ring (bicyclic) bond motifs is 2. The van der Waals surface area contributed by atoms with E-state index in [2.05, 4.69) is 81.7 Å². The van der Waals surface area contributed by atoms with Crippen LogP contribution in [0.3, 0.4) is 0 Å². The number of Topliss-reactive ketones (excluding diaryl/α,β-unsaturated/α-hetero) is 2. The van der Waals surface area contributed by atoms with E-state index >= 15 is 0 Å². The minimum Gasteiger partial charge on any atom is -0.396 e. The molecule has 0 aliphatic heterocycles. The summed E-state index contributed by atoms with van der Waals surface area (Å²) in [4.78, 5) is 36.3. The van der Waals surface area contributed by atoms with Crippen LogP contribution >= 0.6 is 0 Å². The van der Waals surface area contributed by atoms with Crippen LogP contribution in [-0.4, -0.2) is 29.6 Å². The highest BCUT2D eigenvalue weighted by Gasteiger charge is 2.56. The molecule has 10 unspecified atom stereocenters. The fraction of sp³-hybridized carbons (Fsp3) is 0.690. The van der Waals surface area contributed by atoms with Gasteiger partial charge in [-0.2, -0.15) is 0 Å². The van der Waals surface area contributed by atoms with Crippen LogP contribution in [-0.2, 0) is 14.4 Å². The predicted octanol–water partition coefficient (Wildman–Crippen LogP) is 9.84. The first-order valence-electron chi connectivity index (χ1n) is 17.9. The highest BCUT2D eigenvalue weighted by Crippen LogP contribution is 2.61. The molecule has 0 spiro atoms. The SMILES string of the molecule is C=CC(C)(CC=O)C(C)C(=C)C12CCC(=O)C1=C(C)C(C)CC2.C=CC(C)(CCO)C(C)C(=C)C12CCC(=O)C1C(C)C(C)CC2. The third kappa shape index (κ3) is 6.41. The summed E-state index contributed by atoms with van der Waals surface area (Å²) in [5.74, 6) is 2.76. The van der Waals surface area contributed by atoms with Crippen molar-refractivity contribution in [2.24, 2.45) is 57.2 Å². The molecule has 0 aromatic rings. The zero-order valence-electron chi connectivity index (χ0n) is 30.5. The van der Waals surface area contributed by atoms with Crippen LogP contribution in [0, 0.1) is 57.2 Å². The Morgan fingerprint density at radius 2 is 1.54 bits per heavy atom. The van der Waals surface area contributed by atoms with Gasteiger partial charge in [0.15, 0.2) is 5.78 Å². The average molecular weight is 633 g/mol. The first-order valence-corrected chi connectivity index (χ1v) is 17.9. The van der Waals surface area contributed by atoms with Crippen LogP contribution in [0.5, 0.6) is 0 Å². The van der Waals surface area contributed by atoms with Crippen LogP contribution in [0.2, 0.25) is 0 Å². The van der Waals surface area contributed by atoms with E-state index in [-0.39, 0.29) is 46.0 Å². The second kappa shape index (κ2) is 14.4. The van der Waals surface area contributed by atoms with Gasteiger partial charge in [-0.05, 0) is 92.3 Å². The number of aliphatic hydroxyl groups excluding tert-OH is 1. The summed E-state index contributed by atoms with van der Waals surface area (Å²) in [5, 5.41) is 9.45. The predicted molar refractivity (Wildman–Crippen MR) is 191 cm³/mol. The minimum atomic E-state index is -0.304. The number of hydrogen-bond acceptors (Lipinski definition) is 4. The van der Waals surface area contributed by atoms with E-state index in [4.69, 9.17) is 0 Å². The molecule has 4 aliphatic carbocycles. The highest BCUT2D eigenvalue weighted by atomic mass is 16.3. The highest BCUT2D eigenvalue weighted by molar-refractivity contribution is 6.01. The van der Waals surface area contributed by atoms with Gasteiger partial charge in [0.05, 0.1) is 0 Å². The second-order valence-electron chi connectivity index (χ2n) is 16.2. The molecule has 0 aromatic heterocycles. The molecule has 3 saturated carbocycles. The van der Waals surface area contributed by atoms with Crippen molar-refractivity contribution in [2.75, 3.05) is 6.61 Å². The molecule has 4 aliphatic rings. The van der Waals surface area contributed by atoms with Gasteiger partial charge in [-0.1, -0.05) is 90.5 Å². The minimum absolute atomic E-state index is 0.0256. The first-order chi connectivity index (χ1) is 21.5. The van der Waals surface area contributed by atoms with E-state index in [0.717, 1.165) is 49.5 Å². The molecule has 0 aromatic carbocycles. The molecule has 1 N–H and O–H groups in total. The normalized spacial score (nSPS) is 34.5. The first kappa shape index (κ1) is 38.1. The molecule has 0 bridgehead atoms. The molecule has 3 fully saturated rings. The summed E-state index contributed by atoms with van der Waals surface area (Å²) in [7, 11) is 0. The van der Waals surface area contributed by atoms with E-state index < -0.39 is 0 Å². The molecule has 4 nitrogen and oxygen atoms in total. The zero-order valence-corrected chi connectivity index (χ0v) is 30.5. The van der Waals surface area contributed by atoms with Gasteiger partial charge in [-0.3, -0.25) is 9.59 Å². The van der Waals surface area contributed by atoms with Gasteiger partial charge in [-0.25, -0.2) is 0 Å². The van der Waals surface area contributed by atoms with Crippen molar-refractivity contribution in [2.45, 2.75) is 120 Å². The Bertz CT molecular complexity index is 1270. The summed E-state index contributed by atoms with van der Waals surface area (Å²) < 4.78 is 0. The molecule has 0 radical (unpaired) electrons. The Morgan fingerprint density at radius 3 is 2.11 bits per heavy atom. The van der Waals surface area contributed by atoms with Gasteiger partial charge in [0.2, 0.25) is 0 Å². The van der Waals surface area contributed by atoms with Crippen molar-refractivity contribution in [3.05, 3.63) is 60.8 Å². The smallest absolute Gasteiger partial charge is 0.159 e. The molecule has 10 atom stereocenters. The molecular formula is C42H64O4. The van der Waals surface area contributed by atoms with Crippen molar-refractivity contribution < 1.29 is 19.5 Å². The number of aldehydes is 1. The van der Waals surface area contributed by atoms with Gasteiger partial charge >= 0.3 is 0 Å². The Balaban J connectivity index is 0.000000250. The van der Waals surface area contributed by atoms with Crippen LogP contribution in [0.4, 0.5) is 0 Å². The molecule has 46 heavy (non-hydrogen) atoms. The standard InChI is InChI=1S/C21H34O2.C21H30O2/c2*1-7-20(6,12-13-22)16(4)17(5)21-10-8-14(2)15(3)19(21)18(23)9-11-21/h7,14-16,19,22H,1,5,8-13H2,2-4,6H3;7,13-14,16H,1,5,8-12H2,2-4,6H3. The molecular weight excluding hydrogens is 568 g/mol. The van der Waals surface area contributed by atoms with Crippen molar-refractivity contribution in [3.63, 3.8) is 0 Å². The van der Waals surface area contributed by atoms with Gasteiger partial charge in [-0.15, -0.1) is 13.2 Å². The maximum absolute atomic E-state index is 12.6. The molecule has 0 saturated heterocycles. The summed E-state index contributed by atoms with van der Waals surface area (Å²) in [6, 6.07) is 0. The van der Waals surface area contributed by atoms with Gasteiger partial charge < -0.3 is 9.90 Å². The molecule has 4 heteroatoms. The van der Waals surface area contributed by atoms with Gasteiger partial charge in [0.1, 0.15) is 12.1 Å². The average Bonchev–Trinajstić information content (AvgIpc) is 3.58. The second-order valence-corrected chi connectivity index (χ2v) is 16.2. The number of carbonyl (C=O) groups excluding carboxylic acids is 3. The van der Waals surface area contributed by atoms with Crippen LogP contribution in [0.25, 0.3) is 0 Å². The third-order valence-electron chi connectivity index (χ3n) is 14.3. The van der Waals surface area contributed by atoms with Crippen molar-refractivity contribution >= 4 is 17.9 Å². The quantitative estimate of drug-likeness (QED) is 0.172. The lowest BCUT2D eigenvalue weighted by Crippen LogP contribution is -2.44. The van der Waals surface area contributed by atoms with E-state index in [1.165, 1.54) is 17.6 Å². The van der Waals surface area contributed by atoms with Gasteiger partial charge in [0.25, 0.3) is 0 Å². The number of aliphatic hydroxyl groups is 1. The van der Waals surface area contributed by atoms with E-state index in [0.29, 0.717) is 55.0 Å². The van der Waals surface area contributed by atoms with E-state index in [9.17, 15) is 19.5 Å². The zero-order chi connectivity index (χ0) is 34.8. The number of hydrogen-bond donors (Lipinski definition) is 1. The summed E-state index contributed by atoms with van der Waals surface area (Å²) in [6.07, 6.45) is 13.5. The van der Waals surface area contributed by atoms with E-state index in [1.54, 1.807) is 0 Å². The molecule has 4 rings (SSSR count). The maximum atomic E-state index is 12.6. The number of carbonyl (C=O) groups is 3. The third-order valence-corrected chi connectivity index (χ3v) is 14.3. The monoisotopic (exact) mass is 632 g/mol. The summed E-state index contributed by atoms with van der Waals surface area (Å²) in [6.45, 7) is 34.5. The lowest BCUT2D eigenvalue weighted by molar-refractivity contribution is -0.126. The van der Waals surface area contributed by atoms with E-state index in [1.807, 2.05) is 12.2 Å². The van der Waals surface area contributed by atoms with Crippen LogP contribution < -0.4 is 0 Å². The Labute approximate surface area is 281 Å². The summed E-state index contributed by atoms with van der Waals surface area (Å²) >= 11 is 0. The maximum Gasteiger partial charge on any atom is 0.159 e. The largest absolute Gasteiger partial charge is 0.396 e. The fourth-order valence-corrected chi connectivity index (χ4v) is 9.73. The molecule has 0 heterocycles. The lowest BCUT2D eigenvalue weighted by Gasteiger charge is -2.50. The Morgan fingerprint density at radius 1 is 0.935 bits per heavy atom. The topological polar surface area (TPSA) is 71.4 Å². The lowest BCUT2D eigenvalue weighted by atomic mass is 9.54. The number of rotatable bonds is 12. The Hall–Kier alpha value is -2.33. The number of ketones is 2. The summed E-state index contributed by atoms with van der Waals surface area (Å²) in [5.41, 5.74) is 3.96. The molecule has 256 valence electrons. The van der Waals surface area contributed by atoms with Crippen molar-refractivity contribution in [3.8, 4) is 0 Å². The van der Waals surface area contributed by atoms with Crippen molar-refractivity contribution in [1.82, 2.24) is 0 Å². The van der Waals surface area contributed by atoms with Crippen LogP contribution in [0.15, 0.2) is 60.8 Å².